The second-order valence-electron chi connectivity index (χ2n) is 5.55. The van der Waals surface area contributed by atoms with Gasteiger partial charge in [-0.15, -0.1) is 0 Å². The van der Waals surface area contributed by atoms with Gasteiger partial charge in [-0.25, -0.2) is 0 Å². The monoisotopic (exact) mass is 324 g/mol. The van der Waals surface area contributed by atoms with Crippen molar-refractivity contribution in [3.05, 3.63) is 70.4 Å². The minimum absolute atomic E-state index is 0.0736. The lowest BCUT2D eigenvalue weighted by molar-refractivity contribution is -0.115. The van der Waals surface area contributed by atoms with Gasteiger partial charge in [0.1, 0.15) is 0 Å². The molecule has 0 unspecified atom stereocenters. The van der Waals surface area contributed by atoms with Crippen LogP contribution in [0.2, 0.25) is 5.02 Å². The summed E-state index contributed by atoms with van der Waals surface area (Å²) in [4.78, 5) is 17.0. The van der Waals surface area contributed by atoms with Crippen molar-refractivity contribution in [3.8, 4) is 0 Å². The third-order valence-electron chi connectivity index (χ3n) is 3.93. The molecule has 4 heteroatoms. The summed E-state index contributed by atoms with van der Waals surface area (Å²) in [6.45, 7) is 3.99. The standard InChI is InChI=1S/C19H17ClN2O/c1-12-16-8-3-4-9-18(16)21-13(2)17(12)11-19(23)22-15-7-5-6-14(20)10-15/h3-10H,11H2,1-2H3,(H,22,23). The van der Waals surface area contributed by atoms with E-state index in [0.29, 0.717) is 17.1 Å². The number of aromatic nitrogens is 1. The second-order valence-corrected chi connectivity index (χ2v) is 5.99. The quantitative estimate of drug-likeness (QED) is 0.759. The van der Waals surface area contributed by atoms with Gasteiger partial charge in [0.05, 0.1) is 11.9 Å². The Bertz CT molecular complexity index is 890. The maximum atomic E-state index is 12.4. The van der Waals surface area contributed by atoms with Gasteiger partial charge >= 0.3 is 0 Å². The van der Waals surface area contributed by atoms with Crippen LogP contribution >= 0.6 is 11.6 Å². The van der Waals surface area contributed by atoms with E-state index in [-0.39, 0.29) is 5.91 Å². The summed E-state index contributed by atoms with van der Waals surface area (Å²) in [7, 11) is 0. The summed E-state index contributed by atoms with van der Waals surface area (Å²) in [5.41, 5.74) is 4.63. The number of hydrogen-bond donors (Lipinski definition) is 1. The first-order valence-corrected chi connectivity index (χ1v) is 7.82. The maximum Gasteiger partial charge on any atom is 0.228 e. The highest BCUT2D eigenvalue weighted by atomic mass is 35.5. The van der Waals surface area contributed by atoms with E-state index in [1.807, 2.05) is 50.2 Å². The molecule has 0 aliphatic heterocycles. The van der Waals surface area contributed by atoms with E-state index in [1.165, 1.54) is 0 Å². The Hall–Kier alpha value is -2.39. The smallest absolute Gasteiger partial charge is 0.228 e. The van der Waals surface area contributed by atoms with E-state index < -0.39 is 0 Å². The number of para-hydroxylation sites is 1. The molecular formula is C19H17ClN2O. The van der Waals surface area contributed by atoms with Crippen LogP contribution in [0.3, 0.4) is 0 Å². The molecule has 0 radical (unpaired) electrons. The zero-order valence-electron chi connectivity index (χ0n) is 13.1. The number of rotatable bonds is 3. The van der Waals surface area contributed by atoms with Crippen LogP contribution in [0.1, 0.15) is 16.8 Å². The summed E-state index contributed by atoms with van der Waals surface area (Å²) < 4.78 is 0. The number of carbonyl (C=O) groups excluding carboxylic acids is 1. The van der Waals surface area contributed by atoms with Gasteiger partial charge in [-0.1, -0.05) is 35.9 Å². The van der Waals surface area contributed by atoms with Gasteiger partial charge in [-0.05, 0) is 49.2 Å². The molecule has 1 aromatic heterocycles. The molecule has 1 N–H and O–H groups in total. The predicted octanol–water partition coefficient (Wildman–Crippen LogP) is 4.69. The van der Waals surface area contributed by atoms with Crippen LogP contribution in [0, 0.1) is 13.8 Å². The molecule has 3 nitrogen and oxygen atoms in total. The van der Waals surface area contributed by atoms with Gasteiger partial charge in [-0.2, -0.15) is 0 Å². The lowest BCUT2D eigenvalue weighted by Gasteiger charge is -2.12. The van der Waals surface area contributed by atoms with E-state index in [1.54, 1.807) is 12.1 Å². The predicted molar refractivity (Wildman–Crippen MR) is 95.0 cm³/mol. The molecule has 0 bridgehead atoms. The zero-order valence-corrected chi connectivity index (χ0v) is 13.8. The zero-order chi connectivity index (χ0) is 16.4. The Morgan fingerprint density at radius 2 is 1.91 bits per heavy atom. The number of anilines is 1. The number of nitrogens with one attached hydrogen (secondary N) is 1. The molecule has 3 rings (SSSR count). The summed E-state index contributed by atoms with van der Waals surface area (Å²) in [5, 5.41) is 4.57. The molecule has 23 heavy (non-hydrogen) atoms. The molecule has 3 aromatic rings. The molecule has 116 valence electrons. The number of fused-ring (bicyclic) bond motifs is 1. The van der Waals surface area contributed by atoms with Gasteiger partial charge in [0.2, 0.25) is 5.91 Å². The first-order chi connectivity index (χ1) is 11.0. The van der Waals surface area contributed by atoms with E-state index in [2.05, 4.69) is 10.3 Å². The van der Waals surface area contributed by atoms with Crippen molar-refractivity contribution in [1.82, 2.24) is 4.98 Å². The fourth-order valence-electron chi connectivity index (χ4n) is 2.76. The van der Waals surface area contributed by atoms with Crippen LogP contribution in [0.15, 0.2) is 48.5 Å². The fourth-order valence-corrected chi connectivity index (χ4v) is 2.95. The molecule has 1 amide bonds. The second kappa shape index (κ2) is 6.39. The fraction of sp³-hybridized carbons (Fsp3) is 0.158. The van der Waals surface area contributed by atoms with Crippen molar-refractivity contribution in [1.29, 1.82) is 0 Å². The Balaban J connectivity index is 1.87. The van der Waals surface area contributed by atoms with Gasteiger partial charge < -0.3 is 5.32 Å². The average molecular weight is 325 g/mol. The van der Waals surface area contributed by atoms with Crippen molar-refractivity contribution in [3.63, 3.8) is 0 Å². The minimum Gasteiger partial charge on any atom is -0.326 e. The van der Waals surface area contributed by atoms with E-state index in [9.17, 15) is 4.79 Å². The molecule has 0 saturated carbocycles. The van der Waals surface area contributed by atoms with Gasteiger partial charge in [0, 0.05) is 21.8 Å². The average Bonchev–Trinajstić information content (AvgIpc) is 2.51. The number of nitrogens with zero attached hydrogens (tertiary/aromatic N) is 1. The van der Waals surface area contributed by atoms with Crippen LogP contribution in [0.25, 0.3) is 10.9 Å². The van der Waals surface area contributed by atoms with Crippen LogP contribution in [-0.2, 0) is 11.2 Å². The first-order valence-electron chi connectivity index (χ1n) is 7.45. The number of amides is 1. The molecule has 0 spiro atoms. The van der Waals surface area contributed by atoms with Crippen molar-refractivity contribution < 1.29 is 4.79 Å². The van der Waals surface area contributed by atoms with Crippen LogP contribution in [0.5, 0.6) is 0 Å². The molecular weight excluding hydrogens is 308 g/mol. The number of carbonyl (C=O) groups is 1. The molecule has 1 heterocycles. The summed E-state index contributed by atoms with van der Waals surface area (Å²) in [6.07, 6.45) is 0.294. The summed E-state index contributed by atoms with van der Waals surface area (Å²) in [5.74, 6) is -0.0736. The van der Waals surface area contributed by atoms with Gasteiger partial charge in [0.15, 0.2) is 0 Å². The highest BCUT2D eigenvalue weighted by Gasteiger charge is 2.13. The Morgan fingerprint density at radius 1 is 1.13 bits per heavy atom. The highest BCUT2D eigenvalue weighted by Crippen LogP contribution is 2.23. The van der Waals surface area contributed by atoms with Crippen LogP contribution < -0.4 is 5.32 Å². The molecule has 0 fully saturated rings. The molecule has 0 saturated heterocycles. The van der Waals surface area contributed by atoms with Crippen molar-refractivity contribution in [2.75, 3.05) is 5.32 Å². The SMILES string of the molecule is Cc1nc2ccccc2c(C)c1CC(=O)Nc1cccc(Cl)c1. The van der Waals surface area contributed by atoms with Crippen molar-refractivity contribution in [2.45, 2.75) is 20.3 Å². The molecule has 2 aromatic carbocycles. The number of hydrogen-bond acceptors (Lipinski definition) is 2. The molecule has 0 atom stereocenters. The van der Waals surface area contributed by atoms with Crippen LogP contribution in [0.4, 0.5) is 5.69 Å². The molecule has 0 aliphatic carbocycles. The largest absolute Gasteiger partial charge is 0.326 e. The minimum atomic E-state index is -0.0736. The van der Waals surface area contributed by atoms with Gasteiger partial charge in [0.25, 0.3) is 0 Å². The Kier molecular flexibility index (Phi) is 4.30. The normalized spacial score (nSPS) is 10.7. The van der Waals surface area contributed by atoms with Gasteiger partial charge in [-0.3, -0.25) is 9.78 Å². The first kappa shape index (κ1) is 15.5. The highest BCUT2D eigenvalue weighted by molar-refractivity contribution is 6.30. The van der Waals surface area contributed by atoms with E-state index >= 15 is 0 Å². The third-order valence-corrected chi connectivity index (χ3v) is 4.17. The summed E-state index contributed by atoms with van der Waals surface area (Å²) in [6, 6.07) is 15.1. The van der Waals surface area contributed by atoms with Crippen LogP contribution in [-0.4, -0.2) is 10.9 Å². The maximum absolute atomic E-state index is 12.4. The van der Waals surface area contributed by atoms with Crippen molar-refractivity contribution in [2.24, 2.45) is 0 Å². The molecule has 0 aliphatic rings. The number of benzene rings is 2. The third kappa shape index (κ3) is 3.35. The summed E-state index contributed by atoms with van der Waals surface area (Å²) >= 11 is 5.94. The number of aryl methyl sites for hydroxylation is 2. The number of pyridine rings is 1. The lowest BCUT2D eigenvalue weighted by Crippen LogP contribution is -2.16. The topological polar surface area (TPSA) is 42.0 Å². The van der Waals surface area contributed by atoms with E-state index in [0.717, 1.165) is 27.7 Å². The van der Waals surface area contributed by atoms with Crippen molar-refractivity contribution >= 4 is 34.1 Å². The Morgan fingerprint density at radius 3 is 2.70 bits per heavy atom. The van der Waals surface area contributed by atoms with E-state index in [4.69, 9.17) is 11.6 Å². The lowest BCUT2D eigenvalue weighted by atomic mass is 9.99. The number of halogens is 1. The Labute approximate surface area is 140 Å².